The van der Waals surface area contributed by atoms with Crippen molar-refractivity contribution in [3.05, 3.63) is 82.3 Å². The predicted octanol–water partition coefficient (Wildman–Crippen LogP) is 1.60. The van der Waals surface area contributed by atoms with Crippen LogP contribution in [-0.2, 0) is 21.7 Å². The molecule has 2 heterocycles. The molecule has 0 aliphatic heterocycles. The van der Waals surface area contributed by atoms with Crippen molar-refractivity contribution in [2.24, 2.45) is 5.73 Å². The van der Waals surface area contributed by atoms with Crippen molar-refractivity contribution < 1.29 is 28.3 Å². The number of aromatic nitrogens is 2. The summed E-state index contributed by atoms with van der Waals surface area (Å²) in [5, 5.41) is 12.3. The molecule has 0 saturated carbocycles. The number of carbonyl (C=O) groups excluding carboxylic acids is 2. The fraction of sp³-hybridized carbons (Fsp3) is 0.182. The van der Waals surface area contributed by atoms with E-state index in [9.17, 15) is 28.3 Å². The average molecular weight is 457 g/mol. The SMILES string of the molecule is Cc1cc(C)n([C@@](C(N)=O)(C(=O)NCc2ccc(N)nc2)c2ccc(F)c(F)c2)c1C(=O)O. The summed E-state index contributed by atoms with van der Waals surface area (Å²) in [5.74, 6) is -6.08. The van der Waals surface area contributed by atoms with Crippen LogP contribution < -0.4 is 16.8 Å². The monoisotopic (exact) mass is 457 g/mol. The van der Waals surface area contributed by atoms with Gasteiger partial charge in [0.15, 0.2) is 11.6 Å². The molecule has 0 unspecified atom stereocenters. The van der Waals surface area contributed by atoms with E-state index in [2.05, 4.69) is 10.3 Å². The lowest BCUT2D eigenvalue weighted by Gasteiger charge is -2.34. The first-order chi connectivity index (χ1) is 15.5. The van der Waals surface area contributed by atoms with Crippen LogP contribution in [0.1, 0.15) is 32.9 Å². The molecule has 11 heteroatoms. The van der Waals surface area contributed by atoms with Gasteiger partial charge in [0, 0.05) is 24.0 Å². The van der Waals surface area contributed by atoms with Gasteiger partial charge in [0.2, 0.25) is 5.54 Å². The molecule has 172 valence electrons. The van der Waals surface area contributed by atoms with E-state index >= 15 is 0 Å². The van der Waals surface area contributed by atoms with Crippen molar-refractivity contribution >= 4 is 23.6 Å². The molecule has 1 aromatic carbocycles. The minimum absolute atomic E-state index is 0.132. The number of primary amides is 1. The number of rotatable bonds is 7. The number of nitrogens with two attached hydrogens (primary N) is 2. The predicted molar refractivity (Wildman–Crippen MR) is 114 cm³/mol. The Bertz CT molecular complexity index is 1260. The number of pyridine rings is 1. The zero-order valence-corrected chi connectivity index (χ0v) is 17.7. The third-order valence-corrected chi connectivity index (χ3v) is 5.24. The van der Waals surface area contributed by atoms with Gasteiger partial charge in [0.05, 0.1) is 0 Å². The quantitative estimate of drug-likeness (QED) is 0.395. The van der Waals surface area contributed by atoms with Crippen molar-refractivity contribution in [3.8, 4) is 0 Å². The van der Waals surface area contributed by atoms with Gasteiger partial charge in [-0.15, -0.1) is 0 Å². The number of nitrogen functional groups attached to an aromatic ring is 1. The van der Waals surface area contributed by atoms with Gasteiger partial charge in [-0.25, -0.2) is 18.6 Å². The Labute approximate surface area is 187 Å². The number of halogens is 2. The maximum Gasteiger partial charge on any atom is 0.352 e. The standard InChI is InChI=1S/C22H21F2N5O4/c1-11-7-12(2)29(18(11)19(30)31)22(20(26)32,14-4-5-15(23)16(24)8-14)21(33)28-10-13-3-6-17(25)27-9-13/h3-9H,10H2,1-2H3,(H2,25,27)(H2,26,32)(H,28,33)(H,30,31)/t22-/m0/s1. The summed E-state index contributed by atoms with van der Waals surface area (Å²) in [5.41, 5.74) is 8.91. The minimum atomic E-state index is -2.54. The number of benzene rings is 1. The molecule has 0 spiro atoms. The summed E-state index contributed by atoms with van der Waals surface area (Å²) in [6, 6.07) is 6.91. The smallest absolute Gasteiger partial charge is 0.352 e. The van der Waals surface area contributed by atoms with E-state index in [0.717, 1.165) is 16.7 Å². The number of aryl methyl sites for hydroxylation is 2. The fourth-order valence-electron chi connectivity index (χ4n) is 3.79. The molecule has 0 fully saturated rings. The number of amides is 2. The highest BCUT2D eigenvalue weighted by atomic mass is 19.2. The van der Waals surface area contributed by atoms with Gasteiger partial charge in [-0.2, -0.15) is 0 Å². The van der Waals surface area contributed by atoms with Crippen LogP contribution in [0.15, 0.2) is 42.6 Å². The van der Waals surface area contributed by atoms with Crippen LogP contribution in [0.3, 0.4) is 0 Å². The third-order valence-electron chi connectivity index (χ3n) is 5.24. The van der Waals surface area contributed by atoms with Crippen molar-refractivity contribution in [2.75, 3.05) is 5.73 Å². The molecule has 0 radical (unpaired) electrons. The number of carboxylic acids is 1. The second-order valence-electron chi connectivity index (χ2n) is 7.44. The molecule has 0 saturated heterocycles. The van der Waals surface area contributed by atoms with E-state index in [1.807, 2.05) is 0 Å². The maximum atomic E-state index is 14.2. The van der Waals surface area contributed by atoms with Crippen LogP contribution in [0.5, 0.6) is 0 Å². The fourth-order valence-corrected chi connectivity index (χ4v) is 3.79. The molecule has 0 aliphatic rings. The molecule has 33 heavy (non-hydrogen) atoms. The molecular weight excluding hydrogens is 436 g/mol. The number of aromatic carboxylic acids is 1. The van der Waals surface area contributed by atoms with E-state index in [1.54, 1.807) is 6.07 Å². The minimum Gasteiger partial charge on any atom is -0.477 e. The third kappa shape index (κ3) is 4.00. The molecule has 2 aromatic heterocycles. The Morgan fingerprint density at radius 3 is 2.36 bits per heavy atom. The van der Waals surface area contributed by atoms with Gasteiger partial charge < -0.3 is 26.5 Å². The van der Waals surface area contributed by atoms with E-state index in [0.29, 0.717) is 11.6 Å². The summed E-state index contributed by atoms with van der Waals surface area (Å²) in [6.07, 6.45) is 1.40. The summed E-state index contributed by atoms with van der Waals surface area (Å²) in [4.78, 5) is 42.5. The summed E-state index contributed by atoms with van der Waals surface area (Å²) in [6.45, 7) is 2.81. The average Bonchev–Trinajstić information content (AvgIpc) is 3.04. The Morgan fingerprint density at radius 2 is 1.82 bits per heavy atom. The lowest BCUT2D eigenvalue weighted by molar-refractivity contribution is -0.138. The Kier molecular flexibility index (Phi) is 6.16. The number of anilines is 1. The normalized spacial score (nSPS) is 12.7. The maximum absolute atomic E-state index is 14.2. The van der Waals surface area contributed by atoms with Crippen molar-refractivity contribution in [3.63, 3.8) is 0 Å². The molecule has 1 atom stereocenters. The highest BCUT2D eigenvalue weighted by Gasteiger charge is 2.51. The lowest BCUT2D eigenvalue weighted by Crippen LogP contribution is -2.58. The number of hydrogen-bond acceptors (Lipinski definition) is 5. The van der Waals surface area contributed by atoms with Gasteiger partial charge >= 0.3 is 5.97 Å². The second kappa shape index (κ2) is 8.69. The first kappa shape index (κ1) is 23.4. The van der Waals surface area contributed by atoms with Gasteiger partial charge in [-0.3, -0.25) is 9.59 Å². The molecule has 6 N–H and O–H groups in total. The molecule has 9 nitrogen and oxygen atoms in total. The van der Waals surface area contributed by atoms with Crippen LogP contribution >= 0.6 is 0 Å². The summed E-state index contributed by atoms with van der Waals surface area (Å²) >= 11 is 0. The molecule has 3 aromatic rings. The summed E-state index contributed by atoms with van der Waals surface area (Å²) in [7, 11) is 0. The van der Waals surface area contributed by atoms with Crippen LogP contribution in [0.25, 0.3) is 0 Å². The van der Waals surface area contributed by atoms with Crippen LogP contribution in [0.4, 0.5) is 14.6 Å². The van der Waals surface area contributed by atoms with Crippen molar-refractivity contribution in [1.82, 2.24) is 14.9 Å². The molecule has 3 rings (SSSR count). The van der Waals surface area contributed by atoms with E-state index < -0.39 is 40.7 Å². The van der Waals surface area contributed by atoms with Crippen molar-refractivity contribution in [1.29, 1.82) is 0 Å². The lowest BCUT2D eigenvalue weighted by atomic mass is 9.86. The van der Waals surface area contributed by atoms with Crippen LogP contribution in [-0.4, -0.2) is 32.4 Å². The zero-order valence-electron chi connectivity index (χ0n) is 17.7. The first-order valence-corrected chi connectivity index (χ1v) is 9.67. The van der Waals surface area contributed by atoms with Gasteiger partial charge in [0.1, 0.15) is 11.5 Å². The summed E-state index contributed by atoms with van der Waals surface area (Å²) < 4.78 is 28.8. The largest absolute Gasteiger partial charge is 0.477 e. The number of hydrogen-bond donors (Lipinski definition) is 4. The number of carboxylic acid groups (broad SMARTS) is 1. The highest BCUT2D eigenvalue weighted by Crippen LogP contribution is 2.33. The zero-order chi connectivity index (χ0) is 24.5. The van der Waals surface area contributed by atoms with Crippen LogP contribution in [0.2, 0.25) is 0 Å². The van der Waals surface area contributed by atoms with E-state index in [-0.39, 0.29) is 29.2 Å². The van der Waals surface area contributed by atoms with Gasteiger partial charge in [-0.1, -0.05) is 12.1 Å². The van der Waals surface area contributed by atoms with Gasteiger partial charge in [0.25, 0.3) is 11.8 Å². The molecular formula is C22H21F2N5O4. The number of nitrogens with one attached hydrogen (secondary N) is 1. The van der Waals surface area contributed by atoms with E-state index in [4.69, 9.17) is 11.5 Å². The van der Waals surface area contributed by atoms with Crippen molar-refractivity contribution in [2.45, 2.75) is 25.9 Å². The molecule has 2 amide bonds. The Morgan fingerprint density at radius 1 is 1.12 bits per heavy atom. The molecule has 0 bridgehead atoms. The van der Waals surface area contributed by atoms with E-state index in [1.165, 1.54) is 32.2 Å². The first-order valence-electron chi connectivity index (χ1n) is 9.67. The van der Waals surface area contributed by atoms with Gasteiger partial charge in [-0.05, 0) is 49.2 Å². The molecule has 0 aliphatic carbocycles. The highest BCUT2D eigenvalue weighted by molar-refractivity contribution is 6.11. The second-order valence-corrected chi connectivity index (χ2v) is 7.44. The Hall–Kier alpha value is -4.28. The topological polar surface area (TPSA) is 153 Å². The number of nitrogens with zero attached hydrogens (tertiary/aromatic N) is 2. The Balaban J connectivity index is 2.26. The number of carbonyl (C=O) groups is 3. The van der Waals surface area contributed by atoms with Crippen LogP contribution in [0, 0.1) is 25.5 Å².